The third-order valence-electron chi connectivity index (χ3n) is 4.36. The highest BCUT2D eigenvalue weighted by atomic mass is 35.5. The fourth-order valence-corrected chi connectivity index (χ4v) is 3.36. The molecule has 3 aromatic rings. The first kappa shape index (κ1) is 20.8. The normalized spacial score (nSPS) is 10.8. The molecule has 1 aromatic carbocycles. The number of rotatable bonds is 6. The topological polar surface area (TPSA) is 103 Å². The molecule has 0 atom stereocenters. The van der Waals surface area contributed by atoms with E-state index in [1.54, 1.807) is 30.5 Å². The highest BCUT2D eigenvalue weighted by Crippen LogP contribution is 2.28. The first-order valence-corrected chi connectivity index (χ1v) is 9.74. The third kappa shape index (κ3) is 4.26. The summed E-state index contributed by atoms with van der Waals surface area (Å²) in [6.45, 7) is 3.81. The van der Waals surface area contributed by atoms with E-state index >= 15 is 0 Å². The summed E-state index contributed by atoms with van der Waals surface area (Å²) in [5.41, 5.74) is 7.58. The number of nitrogens with two attached hydrogens (primary N) is 1. The van der Waals surface area contributed by atoms with Crippen LogP contribution in [0.25, 0.3) is 5.82 Å². The van der Waals surface area contributed by atoms with Crippen LogP contribution in [0.1, 0.15) is 46.0 Å². The summed E-state index contributed by atoms with van der Waals surface area (Å²) >= 11 is 12.3. The number of benzene rings is 1. The number of anilines is 1. The summed E-state index contributed by atoms with van der Waals surface area (Å²) in [6.07, 6.45) is 2.73. The van der Waals surface area contributed by atoms with Crippen LogP contribution in [0.5, 0.6) is 0 Å². The number of nitrogens with one attached hydrogen (secondary N) is 1. The van der Waals surface area contributed by atoms with Gasteiger partial charge in [0.1, 0.15) is 5.69 Å². The fourth-order valence-electron chi connectivity index (χ4n) is 2.92. The van der Waals surface area contributed by atoms with Crippen LogP contribution in [0.15, 0.2) is 36.5 Å². The maximum atomic E-state index is 13.1. The van der Waals surface area contributed by atoms with Gasteiger partial charge in [0.2, 0.25) is 0 Å². The number of aryl methyl sites for hydroxylation is 2. The Morgan fingerprint density at radius 1 is 1.17 bits per heavy atom. The lowest BCUT2D eigenvalue weighted by Crippen LogP contribution is -2.22. The molecule has 0 bridgehead atoms. The Kier molecular flexibility index (Phi) is 6.20. The summed E-state index contributed by atoms with van der Waals surface area (Å²) < 4.78 is 1.39. The van der Waals surface area contributed by atoms with Gasteiger partial charge in [-0.3, -0.25) is 9.59 Å². The molecule has 150 valence electrons. The Hall–Kier alpha value is -2.90. The molecule has 7 nitrogen and oxygen atoms in total. The number of hydrogen-bond donors (Lipinski definition) is 2. The largest absolute Gasteiger partial charge is 0.366 e. The van der Waals surface area contributed by atoms with Crippen molar-refractivity contribution in [3.8, 4) is 5.82 Å². The van der Waals surface area contributed by atoms with Gasteiger partial charge < -0.3 is 11.1 Å². The molecule has 0 aliphatic carbocycles. The second-order valence-electron chi connectivity index (χ2n) is 6.25. The van der Waals surface area contributed by atoms with Crippen LogP contribution in [0.3, 0.4) is 0 Å². The van der Waals surface area contributed by atoms with E-state index in [1.807, 2.05) is 13.8 Å². The number of amides is 2. The van der Waals surface area contributed by atoms with Crippen LogP contribution in [0, 0.1) is 0 Å². The van der Waals surface area contributed by atoms with E-state index in [1.165, 1.54) is 10.7 Å². The van der Waals surface area contributed by atoms with E-state index in [9.17, 15) is 9.59 Å². The lowest BCUT2D eigenvalue weighted by Gasteiger charge is -2.15. The molecule has 3 rings (SSSR count). The number of halogens is 2. The zero-order valence-electron chi connectivity index (χ0n) is 15.9. The van der Waals surface area contributed by atoms with Crippen LogP contribution in [0.2, 0.25) is 10.0 Å². The molecule has 2 amide bonds. The summed E-state index contributed by atoms with van der Waals surface area (Å²) in [5.74, 6) is -0.826. The van der Waals surface area contributed by atoms with E-state index in [2.05, 4.69) is 15.4 Å². The van der Waals surface area contributed by atoms with Gasteiger partial charge in [0.25, 0.3) is 11.8 Å². The summed E-state index contributed by atoms with van der Waals surface area (Å²) in [5, 5.41) is 7.95. The van der Waals surface area contributed by atoms with Crippen LogP contribution in [-0.2, 0) is 12.8 Å². The minimum Gasteiger partial charge on any atom is -0.366 e. The van der Waals surface area contributed by atoms with Gasteiger partial charge in [-0.15, -0.1) is 0 Å². The molecule has 0 fully saturated rings. The second kappa shape index (κ2) is 8.63. The summed E-state index contributed by atoms with van der Waals surface area (Å²) in [6, 6.07) is 8.14. The molecule has 2 heterocycles. The molecule has 0 aliphatic rings. The van der Waals surface area contributed by atoms with E-state index in [4.69, 9.17) is 28.9 Å². The van der Waals surface area contributed by atoms with Gasteiger partial charge in [-0.2, -0.15) is 5.10 Å². The molecule has 0 radical (unpaired) electrons. The molecular weight excluding hydrogens is 413 g/mol. The monoisotopic (exact) mass is 431 g/mol. The van der Waals surface area contributed by atoms with E-state index in [0.29, 0.717) is 45.6 Å². The molecule has 3 N–H and O–H groups in total. The zero-order valence-corrected chi connectivity index (χ0v) is 17.4. The van der Waals surface area contributed by atoms with Crippen molar-refractivity contribution in [2.24, 2.45) is 5.73 Å². The molecule has 2 aromatic heterocycles. The van der Waals surface area contributed by atoms with Crippen molar-refractivity contribution in [2.75, 3.05) is 5.32 Å². The molecule has 0 aliphatic heterocycles. The first-order valence-electron chi connectivity index (χ1n) is 8.99. The Balaban J connectivity index is 2.09. The van der Waals surface area contributed by atoms with E-state index in [0.717, 1.165) is 0 Å². The van der Waals surface area contributed by atoms with E-state index < -0.39 is 11.8 Å². The Labute approximate surface area is 177 Å². The minimum atomic E-state index is -0.687. The van der Waals surface area contributed by atoms with Crippen LogP contribution in [0.4, 0.5) is 5.69 Å². The fraction of sp³-hybridized carbons (Fsp3) is 0.200. The number of aromatic nitrogens is 3. The Morgan fingerprint density at radius 2 is 1.93 bits per heavy atom. The average molecular weight is 432 g/mol. The Morgan fingerprint density at radius 3 is 2.55 bits per heavy atom. The number of primary amides is 1. The predicted molar refractivity (Wildman–Crippen MR) is 113 cm³/mol. The van der Waals surface area contributed by atoms with Crippen molar-refractivity contribution in [1.82, 2.24) is 14.8 Å². The summed E-state index contributed by atoms with van der Waals surface area (Å²) in [7, 11) is 0. The second-order valence-corrected chi connectivity index (χ2v) is 7.10. The minimum absolute atomic E-state index is 0.139. The number of carbonyl (C=O) groups excluding carboxylic acids is 2. The highest BCUT2D eigenvalue weighted by molar-refractivity contribution is 6.32. The Bertz CT molecular complexity index is 1090. The van der Waals surface area contributed by atoms with Gasteiger partial charge in [0.15, 0.2) is 5.82 Å². The maximum absolute atomic E-state index is 13.1. The molecule has 0 saturated heterocycles. The van der Waals surface area contributed by atoms with Crippen molar-refractivity contribution in [2.45, 2.75) is 26.7 Å². The zero-order chi connectivity index (χ0) is 21.1. The number of carbonyl (C=O) groups is 2. The van der Waals surface area contributed by atoms with Gasteiger partial charge in [0, 0.05) is 11.2 Å². The first-order chi connectivity index (χ1) is 13.8. The van der Waals surface area contributed by atoms with E-state index in [-0.39, 0.29) is 11.3 Å². The van der Waals surface area contributed by atoms with Crippen molar-refractivity contribution >= 4 is 40.7 Å². The van der Waals surface area contributed by atoms with Gasteiger partial charge in [-0.25, -0.2) is 9.67 Å². The number of pyridine rings is 1. The van der Waals surface area contributed by atoms with Gasteiger partial charge in [0.05, 0.1) is 22.0 Å². The smallest absolute Gasteiger partial charge is 0.274 e. The number of nitrogens with zero attached hydrogens (tertiary/aromatic N) is 3. The van der Waals surface area contributed by atoms with Gasteiger partial charge in [-0.1, -0.05) is 37.0 Å². The van der Waals surface area contributed by atoms with Gasteiger partial charge >= 0.3 is 0 Å². The molecule has 29 heavy (non-hydrogen) atoms. The quantitative estimate of drug-likeness (QED) is 0.613. The van der Waals surface area contributed by atoms with Crippen molar-refractivity contribution in [3.05, 3.63) is 69.1 Å². The van der Waals surface area contributed by atoms with Crippen molar-refractivity contribution < 1.29 is 9.59 Å². The number of hydrogen-bond acceptors (Lipinski definition) is 4. The predicted octanol–water partition coefficient (Wildman–Crippen LogP) is 4.05. The van der Waals surface area contributed by atoms with Crippen LogP contribution in [-0.4, -0.2) is 26.6 Å². The molecule has 0 spiro atoms. The standard InChI is InChI=1S/C20H19Cl2N5O2/c1-3-11-8-12(21)9-14(18(23)28)17(11)25-20(29)16-10-13(4-2)26-27(16)19-15(22)6-5-7-24-19/h5-10H,3-4H2,1-2H3,(H2,23,28)(H,25,29). The molecule has 0 unspecified atom stereocenters. The lowest BCUT2D eigenvalue weighted by atomic mass is 10.0. The summed E-state index contributed by atoms with van der Waals surface area (Å²) in [4.78, 5) is 29.3. The molecule has 0 saturated carbocycles. The van der Waals surface area contributed by atoms with Crippen molar-refractivity contribution in [3.63, 3.8) is 0 Å². The maximum Gasteiger partial charge on any atom is 0.274 e. The van der Waals surface area contributed by atoms with Gasteiger partial charge in [-0.05, 0) is 48.7 Å². The van der Waals surface area contributed by atoms with Crippen LogP contribution >= 0.6 is 23.2 Å². The van der Waals surface area contributed by atoms with Crippen molar-refractivity contribution in [1.29, 1.82) is 0 Å². The average Bonchev–Trinajstić information content (AvgIpc) is 3.13. The SMILES string of the molecule is CCc1cc(C(=O)Nc2c(CC)cc(Cl)cc2C(N)=O)n(-c2ncccc2Cl)n1. The molecular formula is C20H19Cl2N5O2. The molecule has 9 heteroatoms. The third-order valence-corrected chi connectivity index (χ3v) is 4.88. The lowest BCUT2D eigenvalue weighted by molar-refractivity contribution is 0.100. The highest BCUT2D eigenvalue weighted by Gasteiger charge is 2.22. The van der Waals surface area contributed by atoms with Crippen LogP contribution < -0.4 is 11.1 Å².